The third-order valence-corrected chi connectivity index (χ3v) is 3.40. The number of aromatic nitrogens is 2. The number of nitrogen functional groups attached to an aromatic ring is 1. The van der Waals surface area contributed by atoms with Crippen molar-refractivity contribution >= 4 is 11.6 Å². The number of hydrogen-bond acceptors (Lipinski definition) is 6. The van der Waals surface area contributed by atoms with Crippen molar-refractivity contribution in [3.63, 3.8) is 0 Å². The summed E-state index contributed by atoms with van der Waals surface area (Å²) in [7, 11) is 0. The van der Waals surface area contributed by atoms with Crippen LogP contribution in [0.15, 0.2) is 6.33 Å². The maximum absolute atomic E-state index is 9.21. The number of aliphatic hydroxyl groups is 1. The molecule has 1 unspecified atom stereocenters. The van der Waals surface area contributed by atoms with Crippen molar-refractivity contribution in [3.05, 3.63) is 11.9 Å². The van der Waals surface area contributed by atoms with E-state index in [9.17, 15) is 5.11 Å². The maximum atomic E-state index is 9.21. The summed E-state index contributed by atoms with van der Waals surface area (Å²) in [6.45, 7) is 4.15. The SMILES string of the molecule is CCCc1c(NN)ncnc1N1CCC(CO)C1. The zero-order chi connectivity index (χ0) is 13.0. The summed E-state index contributed by atoms with van der Waals surface area (Å²) in [5.74, 6) is 7.51. The standard InChI is InChI=1S/C12H21N5O/c1-2-3-10-11(16-13)14-8-15-12(10)17-5-4-9(6-17)7-18/h8-9,18H,2-7,13H2,1H3,(H,14,15,16). The highest BCUT2D eigenvalue weighted by Gasteiger charge is 2.25. The first kappa shape index (κ1) is 13.0. The van der Waals surface area contributed by atoms with Gasteiger partial charge in [0.15, 0.2) is 0 Å². The van der Waals surface area contributed by atoms with Gasteiger partial charge in [0, 0.05) is 31.2 Å². The quantitative estimate of drug-likeness (QED) is 0.523. The summed E-state index contributed by atoms with van der Waals surface area (Å²) in [5, 5.41) is 9.21. The molecule has 1 fully saturated rings. The molecule has 6 heteroatoms. The number of anilines is 2. The third kappa shape index (κ3) is 2.54. The van der Waals surface area contributed by atoms with Crippen molar-refractivity contribution < 1.29 is 5.11 Å². The molecule has 0 aliphatic carbocycles. The Balaban J connectivity index is 2.26. The monoisotopic (exact) mass is 251 g/mol. The molecule has 1 aliphatic heterocycles. The number of hydrogen-bond donors (Lipinski definition) is 3. The Bertz CT molecular complexity index is 398. The molecule has 0 radical (unpaired) electrons. The summed E-state index contributed by atoms with van der Waals surface area (Å²) in [5.41, 5.74) is 3.71. The Hall–Kier alpha value is -1.40. The summed E-state index contributed by atoms with van der Waals surface area (Å²) < 4.78 is 0. The molecule has 2 heterocycles. The second kappa shape index (κ2) is 5.97. The van der Waals surface area contributed by atoms with Crippen molar-refractivity contribution in [2.75, 3.05) is 30.0 Å². The molecular formula is C12H21N5O. The fraction of sp³-hybridized carbons (Fsp3) is 0.667. The highest BCUT2D eigenvalue weighted by atomic mass is 16.3. The van der Waals surface area contributed by atoms with Gasteiger partial charge in [0.2, 0.25) is 0 Å². The van der Waals surface area contributed by atoms with Gasteiger partial charge in [-0.3, -0.25) is 0 Å². The van der Waals surface area contributed by atoms with E-state index in [1.165, 1.54) is 6.33 Å². The third-order valence-electron chi connectivity index (χ3n) is 3.40. The van der Waals surface area contributed by atoms with Gasteiger partial charge >= 0.3 is 0 Å². The predicted molar refractivity (Wildman–Crippen MR) is 71.2 cm³/mol. The molecule has 0 spiro atoms. The number of aliphatic hydroxyl groups excluding tert-OH is 1. The minimum absolute atomic E-state index is 0.243. The molecule has 1 atom stereocenters. The van der Waals surface area contributed by atoms with Crippen LogP contribution in [0, 0.1) is 5.92 Å². The van der Waals surface area contributed by atoms with Gasteiger partial charge in [-0.25, -0.2) is 15.8 Å². The van der Waals surface area contributed by atoms with Crippen LogP contribution in [0.5, 0.6) is 0 Å². The highest BCUT2D eigenvalue weighted by molar-refractivity contribution is 5.58. The molecule has 0 aromatic carbocycles. The van der Waals surface area contributed by atoms with Gasteiger partial charge < -0.3 is 15.4 Å². The molecular weight excluding hydrogens is 230 g/mol. The Morgan fingerprint density at radius 2 is 2.39 bits per heavy atom. The lowest BCUT2D eigenvalue weighted by molar-refractivity contribution is 0.238. The number of rotatable bonds is 5. The molecule has 1 aliphatic rings. The lowest BCUT2D eigenvalue weighted by atomic mass is 10.1. The molecule has 6 nitrogen and oxygen atoms in total. The molecule has 18 heavy (non-hydrogen) atoms. The Morgan fingerprint density at radius 3 is 3.00 bits per heavy atom. The first-order valence-corrected chi connectivity index (χ1v) is 6.46. The van der Waals surface area contributed by atoms with Crippen LogP contribution in [0.1, 0.15) is 25.3 Å². The molecule has 0 bridgehead atoms. The van der Waals surface area contributed by atoms with Crippen LogP contribution in [-0.2, 0) is 6.42 Å². The average Bonchev–Trinajstić information content (AvgIpc) is 2.88. The molecule has 0 saturated carbocycles. The molecule has 1 aromatic heterocycles. The van der Waals surface area contributed by atoms with E-state index in [1.54, 1.807) is 0 Å². The van der Waals surface area contributed by atoms with Gasteiger partial charge in [-0.2, -0.15) is 0 Å². The van der Waals surface area contributed by atoms with Crippen molar-refractivity contribution in [3.8, 4) is 0 Å². The topological polar surface area (TPSA) is 87.3 Å². The van der Waals surface area contributed by atoms with E-state index in [-0.39, 0.29) is 6.61 Å². The van der Waals surface area contributed by atoms with Gasteiger partial charge in [0.05, 0.1) is 0 Å². The molecule has 2 rings (SSSR count). The number of hydrazine groups is 1. The van der Waals surface area contributed by atoms with Crippen molar-refractivity contribution in [2.24, 2.45) is 11.8 Å². The van der Waals surface area contributed by atoms with Gasteiger partial charge in [0.1, 0.15) is 18.0 Å². The first-order chi connectivity index (χ1) is 8.80. The van der Waals surface area contributed by atoms with Crippen molar-refractivity contribution in [2.45, 2.75) is 26.2 Å². The predicted octanol–water partition coefficient (Wildman–Crippen LogP) is 0.533. The summed E-state index contributed by atoms with van der Waals surface area (Å²) >= 11 is 0. The number of nitrogens with zero attached hydrogens (tertiary/aromatic N) is 3. The van der Waals surface area contributed by atoms with Gasteiger partial charge in [-0.05, 0) is 12.8 Å². The van der Waals surface area contributed by atoms with Crippen LogP contribution in [-0.4, -0.2) is 34.8 Å². The minimum atomic E-state index is 0.243. The van der Waals surface area contributed by atoms with E-state index >= 15 is 0 Å². The zero-order valence-electron chi connectivity index (χ0n) is 10.8. The van der Waals surface area contributed by atoms with Gasteiger partial charge in [-0.1, -0.05) is 13.3 Å². The van der Waals surface area contributed by atoms with E-state index in [0.717, 1.165) is 43.7 Å². The smallest absolute Gasteiger partial charge is 0.148 e. The Kier molecular flexibility index (Phi) is 4.33. The first-order valence-electron chi connectivity index (χ1n) is 6.46. The molecule has 1 aromatic rings. The van der Waals surface area contributed by atoms with Crippen LogP contribution >= 0.6 is 0 Å². The normalized spacial score (nSPS) is 19.3. The van der Waals surface area contributed by atoms with Crippen molar-refractivity contribution in [1.29, 1.82) is 0 Å². The van der Waals surface area contributed by atoms with E-state index in [4.69, 9.17) is 5.84 Å². The van der Waals surface area contributed by atoms with E-state index in [0.29, 0.717) is 11.7 Å². The zero-order valence-corrected chi connectivity index (χ0v) is 10.8. The second-order valence-corrected chi connectivity index (χ2v) is 4.70. The van der Waals surface area contributed by atoms with Crippen LogP contribution in [0.3, 0.4) is 0 Å². The fourth-order valence-corrected chi connectivity index (χ4v) is 2.45. The molecule has 4 N–H and O–H groups in total. The Morgan fingerprint density at radius 1 is 1.56 bits per heavy atom. The number of nitrogens with one attached hydrogen (secondary N) is 1. The van der Waals surface area contributed by atoms with Crippen LogP contribution in [0.4, 0.5) is 11.6 Å². The molecule has 1 saturated heterocycles. The lowest BCUT2D eigenvalue weighted by Gasteiger charge is -2.21. The van der Waals surface area contributed by atoms with Gasteiger partial charge in [-0.15, -0.1) is 0 Å². The van der Waals surface area contributed by atoms with E-state index in [1.807, 2.05) is 0 Å². The largest absolute Gasteiger partial charge is 0.396 e. The van der Waals surface area contributed by atoms with Crippen LogP contribution < -0.4 is 16.2 Å². The molecule has 100 valence electrons. The summed E-state index contributed by atoms with van der Waals surface area (Å²) in [6.07, 6.45) is 4.47. The summed E-state index contributed by atoms with van der Waals surface area (Å²) in [6, 6.07) is 0. The van der Waals surface area contributed by atoms with Gasteiger partial charge in [0.25, 0.3) is 0 Å². The second-order valence-electron chi connectivity index (χ2n) is 4.70. The number of nitrogens with two attached hydrogens (primary N) is 1. The molecule has 0 amide bonds. The fourth-order valence-electron chi connectivity index (χ4n) is 2.45. The van der Waals surface area contributed by atoms with Crippen LogP contribution in [0.2, 0.25) is 0 Å². The lowest BCUT2D eigenvalue weighted by Crippen LogP contribution is -2.24. The van der Waals surface area contributed by atoms with E-state index < -0.39 is 0 Å². The van der Waals surface area contributed by atoms with Crippen molar-refractivity contribution in [1.82, 2.24) is 9.97 Å². The summed E-state index contributed by atoms with van der Waals surface area (Å²) in [4.78, 5) is 10.8. The van der Waals surface area contributed by atoms with E-state index in [2.05, 4.69) is 27.2 Å². The van der Waals surface area contributed by atoms with Crippen LogP contribution in [0.25, 0.3) is 0 Å². The average molecular weight is 251 g/mol. The Labute approximate surface area is 107 Å². The minimum Gasteiger partial charge on any atom is -0.396 e. The highest BCUT2D eigenvalue weighted by Crippen LogP contribution is 2.28. The maximum Gasteiger partial charge on any atom is 0.148 e.